The first-order chi connectivity index (χ1) is 9.47. The zero-order valence-electron chi connectivity index (χ0n) is 11.2. The highest BCUT2D eigenvalue weighted by Crippen LogP contribution is 2.21. The van der Waals surface area contributed by atoms with E-state index in [1.807, 2.05) is 37.3 Å². The maximum absolute atomic E-state index is 12.1. The quantitative estimate of drug-likeness (QED) is 0.861. The van der Waals surface area contributed by atoms with E-state index >= 15 is 0 Å². The SMILES string of the molecule is CC(CCc1ccccc1)NS(=O)(=O)c1cc(N)cs1. The van der Waals surface area contributed by atoms with Crippen LogP contribution >= 0.6 is 11.3 Å². The summed E-state index contributed by atoms with van der Waals surface area (Å²) in [4.78, 5) is 0. The van der Waals surface area contributed by atoms with Gasteiger partial charge in [-0.25, -0.2) is 13.1 Å². The van der Waals surface area contributed by atoms with Gasteiger partial charge in [0.1, 0.15) is 4.21 Å². The number of hydrogen-bond acceptors (Lipinski definition) is 4. The van der Waals surface area contributed by atoms with E-state index in [0.29, 0.717) is 5.69 Å². The third kappa shape index (κ3) is 4.06. The molecule has 0 bridgehead atoms. The molecule has 0 saturated heterocycles. The van der Waals surface area contributed by atoms with Gasteiger partial charge in [0.2, 0.25) is 10.0 Å². The summed E-state index contributed by atoms with van der Waals surface area (Å²) in [7, 11) is -3.45. The van der Waals surface area contributed by atoms with Crippen LogP contribution in [-0.2, 0) is 16.4 Å². The number of anilines is 1. The molecule has 2 rings (SSSR count). The van der Waals surface area contributed by atoms with Crippen LogP contribution < -0.4 is 10.5 Å². The van der Waals surface area contributed by atoms with Crippen LogP contribution in [0.4, 0.5) is 5.69 Å². The summed E-state index contributed by atoms with van der Waals surface area (Å²) in [5, 5.41) is 1.63. The topological polar surface area (TPSA) is 72.2 Å². The van der Waals surface area contributed by atoms with Gasteiger partial charge < -0.3 is 5.73 Å². The molecular weight excluding hydrogens is 292 g/mol. The van der Waals surface area contributed by atoms with Crippen molar-refractivity contribution in [2.75, 3.05) is 5.73 Å². The molecule has 2 aromatic rings. The van der Waals surface area contributed by atoms with Gasteiger partial charge in [-0.3, -0.25) is 0 Å². The molecule has 3 N–H and O–H groups in total. The molecule has 20 heavy (non-hydrogen) atoms. The molecule has 0 saturated carbocycles. The first-order valence-corrected chi connectivity index (χ1v) is 8.74. The first-order valence-electron chi connectivity index (χ1n) is 6.37. The average Bonchev–Trinajstić information content (AvgIpc) is 2.85. The Kier molecular flexibility index (Phi) is 4.80. The lowest BCUT2D eigenvalue weighted by Crippen LogP contribution is -2.32. The minimum absolute atomic E-state index is 0.122. The van der Waals surface area contributed by atoms with Crippen LogP contribution in [-0.4, -0.2) is 14.5 Å². The zero-order valence-corrected chi connectivity index (χ0v) is 12.9. The first kappa shape index (κ1) is 15.0. The van der Waals surface area contributed by atoms with Crippen molar-refractivity contribution in [2.24, 2.45) is 0 Å². The van der Waals surface area contributed by atoms with Gasteiger partial charge in [-0.2, -0.15) is 0 Å². The van der Waals surface area contributed by atoms with Crippen molar-refractivity contribution in [3.63, 3.8) is 0 Å². The second-order valence-electron chi connectivity index (χ2n) is 4.75. The molecule has 1 atom stereocenters. The Balaban J connectivity index is 1.92. The van der Waals surface area contributed by atoms with Crippen molar-refractivity contribution in [1.82, 2.24) is 4.72 Å². The Hall–Kier alpha value is -1.37. The number of sulfonamides is 1. The number of nitrogens with two attached hydrogens (primary N) is 1. The van der Waals surface area contributed by atoms with Crippen molar-refractivity contribution >= 4 is 27.0 Å². The van der Waals surface area contributed by atoms with Gasteiger partial charge in [0.25, 0.3) is 0 Å². The van der Waals surface area contributed by atoms with Crippen molar-refractivity contribution in [1.29, 1.82) is 0 Å². The Labute approximate surface area is 123 Å². The second-order valence-corrected chi connectivity index (χ2v) is 7.60. The number of thiophene rings is 1. The summed E-state index contributed by atoms with van der Waals surface area (Å²) in [5.74, 6) is 0. The lowest BCUT2D eigenvalue weighted by atomic mass is 10.1. The van der Waals surface area contributed by atoms with Crippen molar-refractivity contribution in [3.8, 4) is 0 Å². The van der Waals surface area contributed by atoms with Crippen LogP contribution in [0.2, 0.25) is 0 Å². The van der Waals surface area contributed by atoms with E-state index in [9.17, 15) is 8.42 Å². The van der Waals surface area contributed by atoms with E-state index < -0.39 is 10.0 Å². The molecule has 0 amide bonds. The lowest BCUT2D eigenvalue weighted by Gasteiger charge is -2.13. The molecule has 6 heteroatoms. The zero-order chi connectivity index (χ0) is 14.6. The van der Waals surface area contributed by atoms with Gasteiger partial charge in [0, 0.05) is 17.1 Å². The molecule has 0 aliphatic heterocycles. The summed E-state index contributed by atoms with van der Waals surface area (Å²) in [6, 6.07) is 11.4. The summed E-state index contributed by atoms with van der Waals surface area (Å²) < 4.78 is 27.2. The minimum atomic E-state index is -3.45. The Bertz CT molecular complexity index is 651. The molecule has 1 heterocycles. The molecule has 4 nitrogen and oxygen atoms in total. The predicted octanol–water partition coefficient (Wildman–Crippen LogP) is 2.63. The predicted molar refractivity (Wildman–Crippen MR) is 83.3 cm³/mol. The van der Waals surface area contributed by atoms with Gasteiger partial charge in [-0.05, 0) is 31.4 Å². The molecule has 1 aromatic carbocycles. The van der Waals surface area contributed by atoms with Gasteiger partial charge >= 0.3 is 0 Å². The molecule has 1 unspecified atom stereocenters. The summed E-state index contributed by atoms with van der Waals surface area (Å²) in [6.07, 6.45) is 1.60. The maximum Gasteiger partial charge on any atom is 0.250 e. The molecular formula is C14H18N2O2S2. The third-order valence-electron chi connectivity index (χ3n) is 2.93. The van der Waals surface area contributed by atoms with Gasteiger partial charge in [0.05, 0.1) is 0 Å². The number of aryl methyl sites for hydroxylation is 1. The molecule has 0 aliphatic carbocycles. The fourth-order valence-corrected chi connectivity index (χ4v) is 4.26. The monoisotopic (exact) mass is 310 g/mol. The number of hydrogen-bond donors (Lipinski definition) is 2. The van der Waals surface area contributed by atoms with E-state index in [1.54, 1.807) is 5.38 Å². The van der Waals surface area contributed by atoms with E-state index in [-0.39, 0.29) is 10.3 Å². The molecule has 108 valence electrons. The molecule has 0 aliphatic rings. The molecule has 0 fully saturated rings. The van der Waals surface area contributed by atoms with E-state index in [2.05, 4.69) is 4.72 Å². The number of rotatable bonds is 6. The number of nitrogens with one attached hydrogen (secondary N) is 1. The number of benzene rings is 1. The lowest BCUT2D eigenvalue weighted by molar-refractivity contribution is 0.548. The van der Waals surface area contributed by atoms with Gasteiger partial charge in [-0.15, -0.1) is 11.3 Å². The van der Waals surface area contributed by atoms with E-state index in [0.717, 1.165) is 24.2 Å². The van der Waals surface area contributed by atoms with Crippen molar-refractivity contribution in [2.45, 2.75) is 30.0 Å². The fraction of sp³-hybridized carbons (Fsp3) is 0.286. The van der Waals surface area contributed by atoms with E-state index in [4.69, 9.17) is 5.73 Å². The normalized spacial score (nSPS) is 13.2. The molecule has 1 aromatic heterocycles. The second kappa shape index (κ2) is 6.39. The standard InChI is InChI=1S/C14H18N2O2S2/c1-11(7-8-12-5-3-2-4-6-12)16-20(17,18)14-9-13(15)10-19-14/h2-6,9-11,16H,7-8,15H2,1H3. The van der Waals surface area contributed by atoms with Crippen LogP contribution in [0.25, 0.3) is 0 Å². The molecule has 0 radical (unpaired) electrons. The fourth-order valence-electron chi connectivity index (χ4n) is 1.88. The van der Waals surface area contributed by atoms with Crippen LogP contribution in [0.3, 0.4) is 0 Å². The molecule has 0 spiro atoms. The van der Waals surface area contributed by atoms with Gasteiger partial charge in [0.15, 0.2) is 0 Å². The highest BCUT2D eigenvalue weighted by molar-refractivity contribution is 7.91. The summed E-state index contributed by atoms with van der Waals surface area (Å²) in [6.45, 7) is 1.87. The van der Waals surface area contributed by atoms with Crippen LogP contribution in [0.1, 0.15) is 18.9 Å². The van der Waals surface area contributed by atoms with Gasteiger partial charge in [-0.1, -0.05) is 30.3 Å². The Morgan fingerprint density at radius 3 is 2.60 bits per heavy atom. The van der Waals surface area contributed by atoms with Crippen LogP contribution in [0.15, 0.2) is 46.0 Å². The van der Waals surface area contributed by atoms with Crippen molar-refractivity contribution in [3.05, 3.63) is 47.3 Å². The Morgan fingerprint density at radius 1 is 1.30 bits per heavy atom. The van der Waals surface area contributed by atoms with Crippen molar-refractivity contribution < 1.29 is 8.42 Å². The Morgan fingerprint density at radius 2 is 2.00 bits per heavy atom. The largest absolute Gasteiger partial charge is 0.398 e. The third-order valence-corrected chi connectivity index (χ3v) is 5.97. The minimum Gasteiger partial charge on any atom is -0.398 e. The smallest absolute Gasteiger partial charge is 0.250 e. The average molecular weight is 310 g/mol. The van der Waals surface area contributed by atoms with Crippen LogP contribution in [0.5, 0.6) is 0 Å². The summed E-state index contributed by atoms with van der Waals surface area (Å²) in [5.41, 5.74) is 7.25. The summed E-state index contributed by atoms with van der Waals surface area (Å²) >= 11 is 1.14. The highest BCUT2D eigenvalue weighted by Gasteiger charge is 2.19. The highest BCUT2D eigenvalue weighted by atomic mass is 32.2. The number of nitrogen functional groups attached to an aromatic ring is 1. The maximum atomic E-state index is 12.1. The van der Waals surface area contributed by atoms with Crippen LogP contribution in [0, 0.1) is 0 Å². The van der Waals surface area contributed by atoms with E-state index in [1.165, 1.54) is 11.6 Å².